The standard InChI is InChI=1S/C14H16N4O2.C11H12N4O2.C11H13NO3.C2H4N4.3HI.V/c1-9-12-11(8-19-14(2,3)20-12)10(6-17-9)7-18-13-15-4-5-16-13;1-7-10(17)9(6-16)8(4-14-7)5-15-11-12-2-3-13-11;1-7-10-9(8(5-13)4-12-7)6-14-11(2,3)15-10;3-2-4-1-5-6-2;;;;/h4-7H,8H2,1-3H3,(H,15,16);2-5,16-17H,6H2,1H3,(H,12,13);4-5H,6H2,1-3H3;1H,(H3,3,4,5,6);3*1H;/q;;;;;;;+3/p-3. The van der Waals surface area contributed by atoms with Gasteiger partial charge in [-0.1, -0.05) is 0 Å². The summed E-state index contributed by atoms with van der Waals surface area (Å²) in [5.74, 6) is 1.54. The molecule has 330 valence electrons. The zero-order chi connectivity index (χ0) is 45.5. The van der Waals surface area contributed by atoms with Crippen molar-refractivity contribution < 1.29 is 38.9 Å². The van der Waals surface area contributed by atoms with Gasteiger partial charge in [-0.15, -0.1) is 0 Å². The summed E-state index contributed by atoms with van der Waals surface area (Å²) in [5, 5.41) is 24.8. The molecule has 0 atom stereocenters. The molecule has 0 aliphatic carbocycles. The molecule has 0 saturated carbocycles. The van der Waals surface area contributed by atoms with Crippen LogP contribution in [0.4, 0.5) is 17.8 Å². The molecular formula is C38H45I3N13O7V. The number of H-pyrrole nitrogens is 3. The molecule has 20 nitrogen and oxygen atoms in total. The van der Waals surface area contributed by atoms with Crippen molar-refractivity contribution in [2.75, 3.05) is 5.73 Å². The number of carbonyl (C=O) groups excluding carboxylic acids is 1. The molecule has 0 unspecified atom stereocenters. The van der Waals surface area contributed by atoms with Gasteiger partial charge < -0.3 is 44.9 Å². The molecule has 8 heterocycles. The number of aromatic nitrogens is 10. The van der Waals surface area contributed by atoms with E-state index in [-0.39, 0.29) is 17.3 Å². The van der Waals surface area contributed by atoms with Crippen molar-refractivity contribution in [1.82, 2.24) is 50.1 Å². The number of aliphatic hydroxyl groups is 1. The van der Waals surface area contributed by atoms with E-state index >= 15 is 0 Å². The minimum absolute atomic E-state index is 0.00380. The fourth-order valence-electron chi connectivity index (χ4n) is 5.20. The number of fused-ring (bicyclic) bond motifs is 2. The van der Waals surface area contributed by atoms with Gasteiger partial charge in [0.1, 0.15) is 12.1 Å². The van der Waals surface area contributed by atoms with Crippen LogP contribution >= 0.6 is 59.9 Å². The molecule has 0 amide bonds. The molecule has 0 saturated heterocycles. The van der Waals surface area contributed by atoms with Crippen molar-refractivity contribution >= 4 is 96.5 Å². The summed E-state index contributed by atoms with van der Waals surface area (Å²) in [7, 11) is 0. The second-order valence-electron chi connectivity index (χ2n) is 13.6. The number of carbonyl (C=O) groups is 1. The Morgan fingerprint density at radius 1 is 0.774 bits per heavy atom. The summed E-state index contributed by atoms with van der Waals surface area (Å²) in [6, 6.07) is 0. The van der Waals surface area contributed by atoms with E-state index in [1.807, 2.05) is 41.5 Å². The predicted molar refractivity (Wildman–Crippen MR) is 253 cm³/mol. The van der Waals surface area contributed by atoms with E-state index in [4.69, 9.17) is 24.7 Å². The summed E-state index contributed by atoms with van der Waals surface area (Å²) < 4.78 is 22.7. The maximum absolute atomic E-state index is 10.8. The number of halogens is 3. The van der Waals surface area contributed by atoms with Gasteiger partial charge in [0.2, 0.25) is 29.4 Å². The Labute approximate surface area is 394 Å². The number of aromatic hydroxyl groups is 1. The molecule has 2 aliphatic rings. The number of ether oxygens (including phenoxy) is 4. The zero-order valence-electron chi connectivity index (χ0n) is 34.6. The molecule has 6 aromatic rings. The first-order chi connectivity index (χ1) is 29.4. The van der Waals surface area contributed by atoms with Crippen molar-refractivity contribution in [2.45, 2.75) is 79.9 Å². The Balaban J connectivity index is 0.000000185. The summed E-state index contributed by atoms with van der Waals surface area (Å²) in [4.78, 5) is 48.6. The van der Waals surface area contributed by atoms with Gasteiger partial charge in [0.15, 0.2) is 17.8 Å². The number of nitrogen functional groups attached to an aromatic ring is 1. The molecule has 0 fully saturated rings. The number of nitrogens with zero attached hydrogens (tertiary/aromatic N) is 9. The van der Waals surface area contributed by atoms with Gasteiger partial charge >= 0.3 is 64.9 Å². The monoisotopic (exact) mass is 1230 g/mol. The first kappa shape index (κ1) is 50.5. The van der Waals surface area contributed by atoms with Crippen molar-refractivity contribution in [3.63, 3.8) is 0 Å². The van der Waals surface area contributed by atoms with Gasteiger partial charge in [0.05, 0.1) is 36.9 Å². The van der Waals surface area contributed by atoms with Crippen LogP contribution in [0.5, 0.6) is 17.2 Å². The van der Waals surface area contributed by atoms with Crippen molar-refractivity contribution in [2.24, 2.45) is 9.98 Å². The summed E-state index contributed by atoms with van der Waals surface area (Å²) in [5.41, 5.74) is 11.3. The van der Waals surface area contributed by atoms with Crippen molar-refractivity contribution in [3.8, 4) is 17.2 Å². The van der Waals surface area contributed by atoms with Crippen molar-refractivity contribution in [1.29, 1.82) is 0 Å². The number of hydrogen-bond acceptors (Lipinski definition) is 17. The third kappa shape index (κ3) is 15.6. The SMILES string of the molecule is Cc1ncc(C=Nc2ncc[nH]2)c(CO)c1O.Cc1ncc(C=Nc2ncc[nH]2)c2c1OC(C)(C)OC2.Cc1ncc(C=O)c2c1OC(C)(C)OC2.Nc1ncn[nH]1.[I][V]([I])[I]. The molecule has 7 N–H and O–H groups in total. The van der Waals surface area contributed by atoms with Crippen LogP contribution in [0, 0.1) is 20.8 Å². The minimum atomic E-state index is -0.652. The molecule has 6 aromatic heterocycles. The van der Waals surface area contributed by atoms with Gasteiger partial charge in [-0.05, 0) is 20.8 Å². The van der Waals surface area contributed by atoms with Crippen LogP contribution < -0.4 is 15.2 Å². The molecule has 0 bridgehead atoms. The van der Waals surface area contributed by atoms with Crippen LogP contribution in [0.1, 0.15) is 83.0 Å². The van der Waals surface area contributed by atoms with Gasteiger partial charge in [-0.2, -0.15) is 5.10 Å². The normalized spacial score (nSPS) is 14.3. The number of hydrogen-bond donors (Lipinski definition) is 6. The van der Waals surface area contributed by atoms with Gasteiger partial charge in [-0.25, -0.2) is 30.0 Å². The van der Waals surface area contributed by atoms with E-state index in [9.17, 15) is 15.0 Å². The summed E-state index contributed by atoms with van der Waals surface area (Å²) >= 11 is 7.39. The van der Waals surface area contributed by atoms with E-state index in [1.54, 1.807) is 56.5 Å². The Kier molecular flexibility index (Phi) is 19.6. The maximum atomic E-state index is 10.8. The number of imidazole rings is 2. The topological polar surface area (TPSA) is 283 Å². The van der Waals surface area contributed by atoms with Crippen LogP contribution in [0.3, 0.4) is 0 Å². The molecule has 8 rings (SSSR count). The number of nitrogens with one attached hydrogen (secondary N) is 3. The van der Waals surface area contributed by atoms with E-state index in [0.717, 1.165) is 40.1 Å². The van der Waals surface area contributed by atoms with Crippen LogP contribution in [0.15, 0.2) is 59.7 Å². The van der Waals surface area contributed by atoms with Gasteiger partial charge in [-0.3, -0.25) is 19.7 Å². The third-order valence-electron chi connectivity index (χ3n) is 8.23. The second kappa shape index (κ2) is 24.1. The number of aldehydes is 1. The van der Waals surface area contributed by atoms with Crippen LogP contribution in [0.25, 0.3) is 0 Å². The van der Waals surface area contributed by atoms with E-state index in [0.29, 0.717) is 59.2 Å². The fraction of sp³-hybridized carbons (Fsp3) is 0.316. The van der Waals surface area contributed by atoms with Gasteiger partial charge in [0, 0.05) is 117 Å². The zero-order valence-corrected chi connectivity index (χ0v) is 42.5. The summed E-state index contributed by atoms with van der Waals surface area (Å²) in [6.45, 7) is 13.5. The molecule has 0 spiro atoms. The van der Waals surface area contributed by atoms with Gasteiger partial charge in [0.25, 0.3) is 0 Å². The first-order valence-corrected chi connectivity index (χ1v) is 31.8. The Morgan fingerprint density at radius 3 is 1.66 bits per heavy atom. The number of aliphatic hydroxyl groups excluding tert-OH is 1. The molecule has 2 aliphatic heterocycles. The first-order valence-electron chi connectivity index (χ1n) is 18.2. The number of anilines is 1. The number of aryl methyl sites for hydroxylation is 3. The number of aromatic amines is 3. The summed E-state index contributed by atoms with van der Waals surface area (Å²) in [6.07, 6.45) is 16.8. The predicted octanol–water partition coefficient (Wildman–Crippen LogP) is 7.46. The number of aliphatic imine (C=N–C) groups is 2. The van der Waals surface area contributed by atoms with E-state index in [1.165, 1.54) is 12.5 Å². The molecular weight excluding hydrogens is 1180 g/mol. The Bertz CT molecular complexity index is 2400. The molecule has 0 aromatic carbocycles. The van der Waals surface area contributed by atoms with E-state index in [2.05, 4.69) is 120 Å². The van der Waals surface area contributed by atoms with Crippen LogP contribution in [-0.2, 0) is 34.2 Å². The van der Waals surface area contributed by atoms with Crippen LogP contribution in [-0.4, -0.2) is 90.6 Å². The van der Waals surface area contributed by atoms with Crippen LogP contribution in [0.2, 0.25) is 0 Å². The van der Waals surface area contributed by atoms with E-state index < -0.39 is 11.6 Å². The van der Waals surface area contributed by atoms with Crippen molar-refractivity contribution in [3.05, 3.63) is 100 Å². The molecule has 24 heteroatoms. The number of nitrogens with two attached hydrogens (primary N) is 1. The number of pyridine rings is 3. The average Bonchev–Trinajstić information content (AvgIpc) is 4.05. The third-order valence-corrected chi connectivity index (χ3v) is 8.23. The average molecular weight is 1230 g/mol. The fourth-order valence-corrected chi connectivity index (χ4v) is 5.20. The Hall–Kier alpha value is -4.13. The quantitative estimate of drug-likeness (QED) is 0.0536. The second-order valence-corrected chi connectivity index (χ2v) is 49.0. The Morgan fingerprint density at radius 2 is 1.24 bits per heavy atom. The molecule has 62 heavy (non-hydrogen) atoms. The number of rotatable bonds is 6. The molecule has 0 radical (unpaired) electrons.